The lowest BCUT2D eigenvalue weighted by atomic mass is 10.1. The average molecular weight is 231 g/mol. The van der Waals surface area contributed by atoms with Crippen LogP contribution in [0.15, 0.2) is 29.2 Å². The highest BCUT2D eigenvalue weighted by atomic mass is 35.5. The van der Waals surface area contributed by atoms with Gasteiger partial charge in [-0.15, -0.1) is 11.8 Å². The van der Waals surface area contributed by atoms with Gasteiger partial charge in [0, 0.05) is 10.6 Å². The zero-order valence-electron chi connectivity index (χ0n) is 8.40. The monoisotopic (exact) mass is 230 g/mol. The minimum Gasteiger partial charge on any atom is -0.392 e. The van der Waals surface area contributed by atoms with Crippen molar-refractivity contribution in [2.75, 3.05) is 5.75 Å². The smallest absolute Gasteiger partial charge is 0.0656 e. The van der Waals surface area contributed by atoms with Gasteiger partial charge in [0.2, 0.25) is 0 Å². The van der Waals surface area contributed by atoms with Crippen LogP contribution in [0.5, 0.6) is 0 Å². The Kier molecular flexibility index (Phi) is 4.79. The molecule has 0 saturated carbocycles. The fourth-order valence-corrected chi connectivity index (χ4v) is 2.34. The zero-order valence-corrected chi connectivity index (χ0v) is 9.98. The maximum Gasteiger partial charge on any atom is 0.0656 e. The average Bonchev–Trinajstić information content (AvgIpc) is 2.16. The van der Waals surface area contributed by atoms with Crippen LogP contribution in [0.25, 0.3) is 0 Å². The third-order valence-electron chi connectivity index (χ3n) is 2.02. The third kappa shape index (κ3) is 3.52. The predicted molar refractivity (Wildman–Crippen MR) is 63.0 cm³/mol. The van der Waals surface area contributed by atoms with Crippen LogP contribution in [-0.2, 0) is 0 Å². The van der Waals surface area contributed by atoms with E-state index in [-0.39, 0.29) is 6.10 Å². The summed E-state index contributed by atoms with van der Waals surface area (Å²) >= 11 is 7.59. The van der Waals surface area contributed by atoms with Crippen molar-refractivity contribution < 1.29 is 5.11 Å². The van der Waals surface area contributed by atoms with E-state index in [0.717, 1.165) is 9.92 Å². The van der Waals surface area contributed by atoms with Crippen molar-refractivity contribution in [3.05, 3.63) is 29.3 Å². The molecule has 0 spiro atoms. The van der Waals surface area contributed by atoms with Crippen molar-refractivity contribution in [2.24, 2.45) is 5.92 Å². The molecule has 1 rings (SSSR count). The van der Waals surface area contributed by atoms with E-state index in [0.29, 0.717) is 11.7 Å². The molecule has 0 aromatic heterocycles. The van der Waals surface area contributed by atoms with Crippen LogP contribution in [0.4, 0.5) is 0 Å². The molecule has 1 unspecified atom stereocenters. The minimum absolute atomic E-state index is 0.267. The zero-order chi connectivity index (χ0) is 10.6. The summed E-state index contributed by atoms with van der Waals surface area (Å²) in [5, 5.41) is 10.4. The van der Waals surface area contributed by atoms with Gasteiger partial charge in [-0.1, -0.05) is 37.6 Å². The summed E-state index contributed by atoms with van der Waals surface area (Å²) in [6, 6.07) is 7.70. The normalized spacial score (nSPS) is 13.2. The van der Waals surface area contributed by atoms with Crippen molar-refractivity contribution in [3.8, 4) is 0 Å². The van der Waals surface area contributed by atoms with Crippen LogP contribution in [0.3, 0.4) is 0 Å². The molecule has 0 aliphatic carbocycles. The molecule has 1 aromatic carbocycles. The summed E-state index contributed by atoms with van der Waals surface area (Å²) in [6.45, 7) is 4.02. The standard InChI is InChI=1S/C11H15ClOS/c1-8(2)10(13)7-14-11-6-4-3-5-9(11)12/h3-6,8,10,13H,7H2,1-2H3. The van der Waals surface area contributed by atoms with E-state index in [9.17, 15) is 5.11 Å². The molecule has 3 heteroatoms. The molecule has 0 amide bonds. The lowest BCUT2D eigenvalue weighted by Gasteiger charge is -2.13. The van der Waals surface area contributed by atoms with Gasteiger partial charge in [-0.3, -0.25) is 0 Å². The molecule has 0 aliphatic heterocycles. The van der Waals surface area contributed by atoms with Gasteiger partial charge in [0.05, 0.1) is 11.1 Å². The van der Waals surface area contributed by atoms with Crippen LogP contribution in [-0.4, -0.2) is 17.0 Å². The lowest BCUT2D eigenvalue weighted by molar-refractivity contribution is 0.149. The first-order valence-corrected chi connectivity index (χ1v) is 6.03. The SMILES string of the molecule is CC(C)C(O)CSc1ccccc1Cl. The van der Waals surface area contributed by atoms with Crippen molar-refractivity contribution in [2.45, 2.75) is 24.8 Å². The first-order valence-electron chi connectivity index (χ1n) is 4.66. The van der Waals surface area contributed by atoms with Crippen LogP contribution >= 0.6 is 23.4 Å². The van der Waals surface area contributed by atoms with E-state index < -0.39 is 0 Å². The Hall–Kier alpha value is -0.180. The maximum absolute atomic E-state index is 9.61. The summed E-state index contributed by atoms with van der Waals surface area (Å²) in [5.41, 5.74) is 0. The van der Waals surface area contributed by atoms with E-state index in [4.69, 9.17) is 11.6 Å². The van der Waals surface area contributed by atoms with Crippen molar-refractivity contribution >= 4 is 23.4 Å². The van der Waals surface area contributed by atoms with Crippen LogP contribution in [0.2, 0.25) is 5.02 Å². The van der Waals surface area contributed by atoms with Gasteiger partial charge in [0.25, 0.3) is 0 Å². The molecule has 1 N–H and O–H groups in total. The van der Waals surface area contributed by atoms with Crippen molar-refractivity contribution in [1.29, 1.82) is 0 Å². The quantitative estimate of drug-likeness (QED) is 0.800. The van der Waals surface area contributed by atoms with E-state index in [1.165, 1.54) is 0 Å². The van der Waals surface area contributed by atoms with E-state index in [1.54, 1.807) is 11.8 Å². The van der Waals surface area contributed by atoms with Crippen LogP contribution < -0.4 is 0 Å². The van der Waals surface area contributed by atoms with Crippen molar-refractivity contribution in [3.63, 3.8) is 0 Å². The third-order valence-corrected chi connectivity index (χ3v) is 3.63. The predicted octanol–water partition coefficient (Wildman–Crippen LogP) is 3.45. The summed E-state index contributed by atoms with van der Waals surface area (Å²) in [5.74, 6) is 0.992. The van der Waals surface area contributed by atoms with Crippen LogP contribution in [0, 0.1) is 5.92 Å². The molecule has 1 atom stereocenters. The number of halogens is 1. The van der Waals surface area contributed by atoms with Gasteiger partial charge in [-0.05, 0) is 18.1 Å². The number of benzene rings is 1. The minimum atomic E-state index is -0.267. The Labute approximate surface area is 94.5 Å². The number of thioether (sulfide) groups is 1. The van der Waals surface area contributed by atoms with Gasteiger partial charge >= 0.3 is 0 Å². The molecule has 0 saturated heterocycles. The highest BCUT2D eigenvalue weighted by Crippen LogP contribution is 2.27. The van der Waals surface area contributed by atoms with Crippen LogP contribution in [0.1, 0.15) is 13.8 Å². The Bertz CT molecular complexity index is 288. The molecule has 0 heterocycles. The Morgan fingerprint density at radius 2 is 2.00 bits per heavy atom. The summed E-state index contributed by atoms with van der Waals surface area (Å²) in [7, 11) is 0. The maximum atomic E-state index is 9.61. The molecule has 14 heavy (non-hydrogen) atoms. The molecule has 1 nitrogen and oxygen atoms in total. The van der Waals surface area contributed by atoms with E-state index >= 15 is 0 Å². The van der Waals surface area contributed by atoms with E-state index in [1.807, 2.05) is 38.1 Å². The fourth-order valence-electron chi connectivity index (χ4n) is 0.929. The Morgan fingerprint density at radius 3 is 2.57 bits per heavy atom. The largest absolute Gasteiger partial charge is 0.392 e. The first kappa shape index (κ1) is 11.9. The van der Waals surface area contributed by atoms with Gasteiger partial charge in [-0.25, -0.2) is 0 Å². The number of hydrogen-bond acceptors (Lipinski definition) is 2. The molecule has 0 bridgehead atoms. The van der Waals surface area contributed by atoms with Gasteiger partial charge < -0.3 is 5.11 Å². The Balaban J connectivity index is 2.50. The Morgan fingerprint density at radius 1 is 1.36 bits per heavy atom. The molecular weight excluding hydrogens is 216 g/mol. The molecular formula is C11H15ClOS. The molecule has 78 valence electrons. The molecule has 0 aliphatic rings. The summed E-state index contributed by atoms with van der Waals surface area (Å²) < 4.78 is 0. The molecule has 1 aromatic rings. The van der Waals surface area contributed by atoms with Gasteiger partial charge in [-0.2, -0.15) is 0 Å². The highest BCUT2D eigenvalue weighted by Gasteiger charge is 2.10. The van der Waals surface area contributed by atoms with Gasteiger partial charge in [0.1, 0.15) is 0 Å². The first-order chi connectivity index (χ1) is 6.61. The number of aliphatic hydroxyl groups excluding tert-OH is 1. The second-order valence-electron chi connectivity index (χ2n) is 3.55. The molecule has 0 radical (unpaired) electrons. The topological polar surface area (TPSA) is 20.2 Å². The number of aliphatic hydroxyl groups is 1. The summed E-state index contributed by atoms with van der Waals surface area (Å²) in [4.78, 5) is 1.04. The van der Waals surface area contributed by atoms with Gasteiger partial charge in [0.15, 0.2) is 0 Å². The van der Waals surface area contributed by atoms with Crippen molar-refractivity contribution in [1.82, 2.24) is 0 Å². The van der Waals surface area contributed by atoms with E-state index in [2.05, 4.69) is 0 Å². The fraction of sp³-hybridized carbons (Fsp3) is 0.455. The lowest BCUT2D eigenvalue weighted by Crippen LogP contribution is -2.17. The molecule has 0 fully saturated rings. The number of rotatable bonds is 4. The highest BCUT2D eigenvalue weighted by molar-refractivity contribution is 7.99. The second kappa shape index (κ2) is 5.64. The number of hydrogen-bond donors (Lipinski definition) is 1. The second-order valence-corrected chi connectivity index (χ2v) is 5.02. The summed E-state index contributed by atoms with van der Waals surface area (Å²) in [6.07, 6.45) is -0.267.